The third-order valence-electron chi connectivity index (χ3n) is 6.04. The van der Waals surface area contributed by atoms with Crippen molar-refractivity contribution in [2.45, 2.75) is 12.8 Å². The maximum absolute atomic E-state index is 12.7. The van der Waals surface area contributed by atoms with E-state index in [0.717, 1.165) is 24.1 Å². The van der Waals surface area contributed by atoms with Crippen molar-refractivity contribution in [3.05, 3.63) is 42.0 Å². The zero-order valence-corrected chi connectivity index (χ0v) is 13.2. The first-order valence-electron chi connectivity index (χ1n) is 8.57. The van der Waals surface area contributed by atoms with Gasteiger partial charge < -0.3 is 4.90 Å². The highest BCUT2D eigenvalue weighted by atomic mass is 16.2. The number of nitrogens with zero attached hydrogens (tertiary/aromatic N) is 2. The minimum absolute atomic E-state index is 0.127. The summed E-state index contributed by atoms with van der Waals surface area (Å²) in [6.07, 6.45) is 5.87. The lowest BCUT2D eigenvalue weighted by Gasteiger charge is -2.22. The number of allylic oxidation sites excluding steroid dienone is 2. The molecule has 5 nitrogen and oxygen atoms in total. The molecule has 0 aromatic heterocycles. The molecular formula is C19H18N2O3. The fraction of sp³-hybridized carbons (Fsp3) is 0.421. The van der Waals surface area contributed by atoms with E-state index >= 15 is 0 Å². The van der Waals surface area contributed by atoms with Gasteiger partial charge in [0, 0.05) is 12.2 Å². The van der Waals surface area contributed by atoms with Gasteiger partial charge in [-0.25, -0.2) is 0 Å². The van der Waals surface area contributed by atoms with E-state index in [-0.39, 0.29) is 47.9 Å². The zero-order chi connectivity index (χ0) is 16.4. The van der Waals surface area contributed by atoms with Gasteiger partial charge in [0.2, 0.25) is 17.7 Å². The summed E-state index contributed by atoms with van der Waals surface area (Å²) in [6.45, 7) is 0.493. The summed E-state index contributed by atoms with van der Waals surface area (Å²) < 4.78 is 0. The Morgan fingerprint density at radius 2 is 1.71 bits per heavy atom. The van der Waals surface area contributed by atoms with Crippen LogP contribution in [0.5, 0.6) is 0 Å². The first kappa shape index (κ1) is 14.0. The van der Waals surface area contributed by atoms with Gasteiger partial charge in [0.1, 0.15) is 6.54 Å². The van der Waals surface area contributed by atoms with Crippen molar-refractivity contribution in [2.24, 2.45) is 23.7 Å². The highest BCUT2D eigenvalue weighted by Gasteiger charge is 2.59. The third kappa shape index (κ3) is 1.72. The number of likely N-dealkylation sites (tertiary alicyclic amines) is 1. The molecule has 1 saturated carbocycles. The van der Waals surface area contributed by atoms with Crippen molar-refractivity contribution in [3.8, 4) is 0 Å². The SMILES string of the molecule is O=C1[C@H]2[C@H](C(=O)N1CC(=O)N1CCc3ccccc31)[C@H]1C=C[C@H]2C1. The summed E-state index contributed by atoms with van der Waals surface area (Å²) in [6, 6.07) is 7.81. The number of para-hydroxylation sites is 1. The van der Waals surface area contributed by atoms with Crippen molar-refractivity contribution < 1.29 is 14.4 Å². The minimum atomic E-state index is -0.230. The van der Waals surface area contributed by atoms with Crippen LogP contribution in [0.15, 0.2) is 36.4 Å². The van der Waals surface area contributed by atoms with Crippen LogP contribution in [-0.2, 0) is 20.8 Å². The van der Waals surface area contributed by atoms with Gasteiger partial charge in [0.25, 0.3) is 0 Å². The lowest BCUT2D eigenvalue weighted by molar-refractivity contribution is -0.143. The molecule has 24 heavy (non-hydrogen) atoms. The third-order valence-corrected chi connectivity index (χ3v) is 6.04. The molecule has 2 bridgehead atoms. The molecule has 2 aliphatic carbocycles. The normalized spacial score (nSPS) is 32.7. The first-order valence-corrected chi connectivity index (χ1v) is 8.57. The second-order valence-corrected chi connectivity index (χ2v) is 7.19. The van der Waals surface area contributed by atoms with E-state index in [9.17, 15) is 14.4 Å². The Morgan fingerprint density at radius 3 is 2.42 bits per heavy atom. The van der Waals surface area contributed by atoms with Gasteiger partial charge in [-0.2, -0.15) is 0 Å². The van der Waals surface area contributed by atoms with Crippen LogP contribution in [0, 0.1) is 23.7 Å². The number of carbonyl (C=O) groups is 3. The lowest BCUT2D eigenvalue weighted by atomic mass is 9.85. The van der Waals surface area contributed by atoms with Crippen LogP contribution in [0.2, 0.25) is 0 Å². The number of anilines is 1. The topological polar surface area (TPSA) is 57.7 Å². The molecule has 0 radical (unpaired) electrons. The molecule has 2 fully saturated rings. The van der Waals surface area contributed by atoms with E-state index in [1.165, 1.54) is 4.90 Å². The Morgan fingerprint density at radius 1 is 1.04 bits per heavy atom. The van der Waals surface area contributed by atoms with E-state index < -0.39 is 0 Å². The van der Waals surface area contributed by atoms with E-state index in [1.54, 1.807) is 4.90 Å². The zero-order valence-electron chi connectivity index (χ0n) is 13.2. The second-order valence-electron chi connectivity index (χ2n) is 7.19. The van der Waals surface area contributed by atoms with E-state index in [1.807, 2.05) is 24.3 Å². The molecule has 122 valence electrons. The molecule has 0 unspecified atom stereocenters. The molecular weight excluding hydrogens is 304 g/mol. The van der Waals surface area contributed by atoms with Crippen LogP contribution in [-0.4, -0.2) is 35.7 Å². The predicted octanol–water partition coefficient (Wildman–Crippen LogP) is 1.38. The number of amides is 3. The number of imide groups is 1. The van der Waals surface area contributed by atoms with Crippen molar-refractivity contribution in [1.82, 2.24) is 4.90 Å². The van der Waals surface area contributed by atoms with Gasteiger partial charge in [-0.05, 0) is 36.3 Å². The van der Waals surface area contributed by atoms with Crippen LogP contribution in [0.3, 0.4) is 0 Å². The molecule has 4 aliphatic rings. The maximum atomic E-state index is 12.7. The maximum Gasteiger partial charge on any atom is 0.247 e. The highest BCUT2D eigenvalue weighted by molar-refractivity contribution is 6.10. The molecule has 2 aliphatic heterocycles. The molecule has 1 aromatic rings. The van der Waals surface area contributed by atoms with Crippen LogP contribution in [0.25, 0.3) is 0 Å². The smallest absolute Gasteiger partial charge is 0.247 e. The lowest BCUT2D eigenvalue weighted by Crippen LogP contribution is -2.43. The van der Waals surface area contributed by atoms with Crippen LogP contribution < -0.4 is 4.90 Å². The number of rotatable bonds is 2. The van der Waals surface area contributed by atoms with E-state index in [2.05, 4.69) is 12.2 Å². The Kier molecular flexibility index (Phi) is 2.78. The monoisotopic (exact) mass is 322 g/mol. The fourth-order valence-electron chi connectivity index (χ4n) is 4.94. The van der Waals surface area contributed by atoms with Crippen LogP contribution in [0.4, 0.5) is 5.69 Å². The number of hydrogen-bond acceptors (Lipinski definition) is 3. The average molecular weight is 322 g/mol. The van der Waals surface area contributed by atoms with Crippen molar-refractivity contribution >= 4 is 23.4 Å². The Balaban J connectivity index is 1.37. The van der Waals surface area contributed by atoms with Gasteiger partial charge in [0.15, 0.2) is 0 Å². The van der Waals surface area contributed by atoms with Crippen molar-refractivity contribution in [3.63, 3.8) is 0 Å². The van der Waals surface area contributed by atoms with E-state index in [4.69, 9.17) is 0 Å². The molecule has 4 atom stereocenters. The molecule has 1 aromatic carbocycles. The number of hydrogen-bond donors (Lipinski definition) is 0. The first-order chi connectivity index (χ1) is 11.6. The van der Waals surface area contributed by atoms with Gasteiger partial charge in [-0.1, -0.05) is 30.4 Å². The van der Waals surface area contributed by atoms with Gasteiger partial charge in [-0.3, -0.25) is 19.3 Å². The number of fused-ring (bicyclic) bond motifs is 6. The summed E-state index contributed by atoms with van der Waals surface area (Å²) in [5, 5.41) is 0. The summed E-state index contributed by atoms with van der Waals surface area (Å²) in [5.41, 5.74) is 2.05. The van der Waals surface area contributed by atoms with Gasteiger partial charge >= 0.3 is 0 Å². The van der Waals surface area contributed by atoms with Crippen molar-refractivity contribution in [2.75, 3.05) is 18.0 Å². The highest BCUT2D eigenvalue weighted by Crippen LogP contribution is 2.52. The molecule has 0 spiro atoms. The van der Waals surface area contributed by atoms with Crippen molar-refractivity contribution in [1.29, 1.82) is 0 Å². The molecule has 2 heterocycles. The summed E-state index contributed by atoms with van der Waals surface area (Å²) >= 11 is 0. The summed E-state index contributed by atoms with van der Waals surface area (Å²) in [7, 11) is 0. The number of carbonyl (C=O) groups excluding carboxylic acids is 3. The second kappa shape index (κ2) is 4.79. The fourth-order valence-corrected chi connectivity index (χ4v) is 4.94. The molecule has 5 rings (SSSR count). The Hall–Kier alpha value is -2.43. The van der Waals surface area contributed by atoms with Crippen LogP contribution in [0.1, 0.15) is 12.0 Å². The average Bonchev–Trinajstić information content (AvgIpc) is 3.33. The Bertz CT molecular complexity index is 770. The molecule has 0 N–H and O–H groups in total. The Labute approximate surface area is 139 Å². The summed E-state index contributed by atoms with van der Waals surface area (Å²) in [4.78, 5) is 41.0. The number of benzene rings is 1. The largest absolute Gasteiger partial charge is 0.310 e. The quantitative estimate of drug-likeness (QED) is 0.611. The van der Waals surface area contributed by atoms with Gasteiger partial charge in [0.05, 0.1) is 11.8 Å². The van der Waals surface area contributed by atoms with E-state index in [0.29, 0.717) is 6.54 Å². The predicted molar refractivity (Wildman–Crippen MR) is 86.9 cm³/mol. The van der Waals surface area contributed by atoms with Gasteiger partial charge in [-0.15, -0.1) is 0 Å². The molecule has 3 amide bonds. The molecule has 1 saturated heterocycles. The standard InChI is InChI=1S/C19H18N2O3/c22-15(20-8-7-11-3-1-2-4-14(11)20)10-21-18(23)16-12-5-6-13(9-12)17(16)19(21)24/h1-6,12-13,16-17H,7-10H2/t12-,13-,16+,17+/m0/s1. The summed E-state index contributed by atoms with van der Waals surface area (Å²) in [5.74, 6) is -0.558. The molecule has 5 heteroatoms. The van der Waals surface area contributed by atoms with Crippen LogP contribution >= 0.6 is 0 Å². The minimum Gasteiger partial charge on any atom is -0.310 e.